The Labute approximate surface area is 208 Å². The number of aromatic nitrogens is 2. The van der Waals surface area contributed by atoms with Crippen molar-refractivity contribution in [1.29, 1.82) is 0 Å². The number of anilines is 1. The molecule has 10 heteroatoms. The number of carbonyl (C=O) groups excluding carboxylic acids is 1. The van der Waals surface area contributed by atoms with Gasteiger partial charge in [0.25, 0.3) is 5.91 Å². The van der Waals surface area contributed by atoms with Crippen LogP contribution in [0, 0.1) is 5.82 Å². The molecule has 3 aromatic carbocycles. The third kappa shape index (κ3) is 4.70. The van der Waals surface area contributed by atoms with E-state index in [-0.39, 0.29) is 0 Å². The quantitative estimate of drug-likeness (QED) is 0.333. The maximum absolute atomic E-state index is 13.4. The molecule has 1 unspecified atom stereocenters. The Balaban J connectivity index is 1.38. The number of hydrogen-bond acceptors (Lipinski definition) is 4. The van der Waals surface area contributed by atoms with E-state index in [0.717, 1.165) is 28.5 Å². The fraction of sp³-hybridized carbons (Fsp3) is 0.192. The van der Waals surface area contributed by atoms with E-state index in [1.807, 2.05) is 41.3 Å². The molecule has 5 rings (SSSR count). The van der Waals surface area contributed by atoms with Crippen molar-refractivity contribution in [1.82, 2.24) is 15.5 Å². The molecule has 4 aromatic rings. The van der Waals surface area contributed by atoms with Gasteiger partial charge in [0, 0.05) is 40.5 Å². The normalized spacial score (nSPS) is 15.9. The number of fused-ring (bicyclic) bond motifs is 1. The Hall–Kier alpha value is -3.72. The molecule has 0 bridgehead atoms. The van der Waals surface area contributed by atoms with Crippen molar-refractivity contribution in [3.63, 3.8) is 0 Å². The van der Waals surface area contributed by atoms with Crippen LogP contribution in [0.5, 0.6) is 0 Å². The van der Waals surface area contributed by atoms with Crippen molar-refractivity contribution in [3.05, 3.63) is 88.7 Å². The number of halogens is 5. The van der Waals surface area contributed by atoms with Crippen LogP contribution in [0.15, 0.2) is 66.7 Å². The van der Waals surface area contributed by atoms with E-state index in [9.17, 15) is 22.4 Å². The van der Waals surface area contributed by atoms with Crippen LogP contribution in [0.4, 0.5) is 23.4 Å². The average molecular weight is 515 g/mol. The van der Waals surface area contributed by atoms with Gasteiger partial charge in [-0.25, -0.2) is 4.39 Å². The molecule has 1 fully saturated rings. The van der Waals surface area contributed by atoms with Crippen molar-refractivity contribution >= 4 is 34.1 Å². The summed E-state index contributed by atoms with van der Waals surface area (Å²) in [5.41, 5.74) is -0.351. The van der Waals surface area contributed by atoms with Gasteiger partial charge in [-0.2, -0.15) is 13.2 Å². The number of benzene rings is 3. The summed E-state index contributed by atoms with van der Waals surface area (Å²) in [6, 6.07) is 16.6. The Morgan fingerprint density at radius 3 is 2.44 bits per heavy atom. The van der Waals surface area contributed by atoms with E-state index in [4.69, 9.17) is 11.6 Å². The minimum Gasteiger partial charge on any atom is -0.352 e. The summed E-state index contributed by atoms with van der Waals surface area (Å²) in [6.07, 6.45) is -4.35. The summed E-state index contributed by atoms with van der Waals surface area (Å²) in [7, 11) is 0. The molecule has 5 nitrogen and oxygen atoms in total. The van der Waals surface area contributed by atoms with E-state index in [1.165, 1.54) is 0 Å². The van der Waals surface area contributed by atoms with Gasteiger partial charge in [-0.15, -0.1) is 10.2 Å². The summed E-state index contributed by atoms with van der Waals surface area (Å²) < 4.78 is 53.4. The third-order valence-electron chi connectivity index (χ3n) is 6.14. The average Bonchev–Trinajstić information content (AvgIpc) is 3.31. The van der Waals surface area contributed by atoms with Crippen LogP contribution in [0.1, 0.15) is 22.3 Å². The SMILES string of the molecule is O=C(NC1CCN(c2nnc(-c3ccc(Cl)cc3)c3ccccc23)C1)c1ccc(F)cc1C(F)(F)F. The van der Waals surface area contributed by atoms with E-state index < -0.39 is 35.1 Å². The van der Waals surface area contributed by atoms with Crippen molar-refractivity contribution in [2.24, 2.45) is 0 Å². The molecule has 0 aliphatic carbocycles. The molecular formula is C26H19ClF4N4O. The van der Waals surface area contributed by atoms with Crippen molar-refractivity contribution in [2.45, 2.75) is 18.6 Å². The molecule has 1 saturated heterocycles. The largest absolute Gasteiger partial charge is 0.417 e. The fourth-order valence-electron chi connectivity index (χ4n) is 4.43. The second-order valence-electron chi connectivity index (χ2n) is 8.52. The molecule has 2 heterocycles. The van der Waals surface area contributed by atoms with Crippen molar-refractivity contribution in [3.8, 4) is 11.3 Å². The molecule has 1 amide bonds. The van der Waals surface area contributed by atoms with Gasteiger partial charge in [0.15, 0.2) is 5.82 Å². The molecule has 0 radical (unpaired) electrons. The van der Waals surface area contributed by atoms with Crippen LogP contribution < -0.4 is 10.2 Å². The number of amides is 1. The lowest BCUT2D eigenvalue weighted by Gasteiger charge is -2.20. The summed E-state index contributed by atoms with van der Waals surface area (Å²) >= 11 is 6.01. The molecule has 1 aliphatic heterocycles. The highest BCUT2D eigenvalue weighted by Crippen LogP contribution is 2.34. The zero-order chi connectivity index (χ0) is 25.4. The monoisotopic (exact) mass is 514 g/mol. The topological polar surface area (TPSA) is 58.1 Å². The first-order valence-corrected chi connectivity index (χ1v) is 11.5. The van der Waals surface area contributed by atoms with Crippen molar-refractivity contribution in [2.75, 3.05) is 18.0 Å². The number of nitrogens with one attached hydrogen (secondary N) is 1. The lowest BCUT2D eigenvalue weighted by atomic mass is 10.0. The summed E-state index contributed by atoms with van der Waals surface area (Å²) in [4.78, 5) is 14.6. The van der Waals surface area contributed by atoms with Gasteiger partial charge in [-0.1, -0.05) is 48.0 Å². The Kier molecular flexibility index (Phi) is 6.26. The van der Waals surface area contributed by atoms with Gasteiger partial charge in [0.1, 0.15) is 11.5 Å². The Bertz CT molecular complexity index is 1440. The first-order chi connectivity index (χ1) is 17.2. The summed E-state index contributed by atoms with van der Waals surface area (Å²) in [6.45, 7) is 0.868. The molecule has 36 heavy (non-hydrogen) atoms. The van der Waals surface area contributed by atoms with Crippen LogP contribution in [0.3, 0.4) is 0 Å². The second kappa shape index (κ2) is 9.39. The molecule has 0 spiro atoms. The smallest absolute Gasteiger partial charge is 0.352 e. The highest BCUT2D eigenvalue weighted by Gasteiger charge is 2.36. The predicted octanol–water partition coefficient (Wildman–Crippen LogP) is 6.12. The van der Waals surface area contributed by atoms with Crippen LogP contribution in [-0.2, 0) is 6.18 Å². The summed E-state index contributed by atoms with van der Waals surface area (Å²) in [5, 5.41) is 13.9. The molecule has 1 aromatic heterocycles. The van der Waals surface area contributed by atoms with Crippen LogP contribution in [0.2, 0.25) is 5.02 Å². The number of carbonyl (C=O) groups is 1. The first-order valence-electron chi connectivity index (χ1n) is 11.1. The highest BCUT2D eigenvalue weighted by atomic mass is 35.5. The molecule has 184 valence electrons. The molecule has 0 saturated carbocycles. The van der Waals surface area contributed by atoms with Crippen LogP contribution in [-0.4, -0.2) is 35.2 Å². The van der Waals surface area contributed by atoms with E-state index in [2.05, 4.69) is 15.5 Å². The van der Waals surface area contributed by atoms with Gasteiger partial charge < -0.3 is 10.2 Å². The van der Waals surface area contributed by atoms with Gasteiger partial charge in [-0.05, 0) is 36.8 Å². The van der Waals surface area contributed by atoms with Crippen molar-refractivity contribution < 1.29 is 22.4 Å². The zero-order valence-electron chi connectivity index (χ0n) is 18.7. The number of alkyl halides is 3. The first kappa shape index (κ1) is 24.0. The van der Waals surface area contributed by atoms with Crippen LogP contribution >= 0.6 is 11.6 Å². The summed E-state index contributed by atoms with van der Waals surface area (Å²) in [5.74, 6) is -1.33. The number of hydrogen-bond donors (Lipinski definition) is 1. The zero-order valence-corrected chi connectivity index (χ0v) is 19.4. The standard InChI is InChI=1S/C26H19ClF4N4O/c27-16-7-5-15(6-8-16)23-19-3-1-2-4-20(19)24(34-33-23)35-12-11-18(14-35)32-25(36)21-10-9-17(28)13-22(21)26(29,30)31/h1-10,13,18H,11-12,14H2,(H,32,36). The lowest BCUT2D eigenvalue weighted by Crippen LogP contribution is -2.38. The Morgan fingerprint density at radius 1 is 1.00 bits per heavy atom. The molecule has 1 atom stereocenters. The number of nitrogens with zero attached hydrogens (tertiary/aromatic N) is 3. The lowest BCUT2D eigenvalue weighted by molar-refractivity contribution is -0.138. The van der Waals surface area contributed by atoms with Gasteiger partial charge >= 0.3 is 6.18 Å². The molecule has 1 aliphatic rings. The fourth-order valence-corrected chi connectivity index (χ4v) is 4.55. The minimum atomic E-state index is -4.85. The number of rotatable bonds is 4. The maximum atomic E-state index is 13.4. The Morgan fingerprint density at radius 2 is 1.72 bits per heavy atom. The van der Waals surface area contributed by atoms with Gasteiger partial charge in [0.2, 0.25) is 0 Å². The highest BCUT2D eigenvalue weighted by molar-refractivity contribution is 6.30. The maximum Gasteiger partial charge on any atom is 0.417 e. The molecule has 1 N–H and O–H groups in total. The molecular weight excluding hydrogens is 496 g/mol. The minimum absolute atomic E-state index is 0.333. The van der Waals surface area contributed by atoms with E-state index in [0.29, 0.717) is 42.1 Å². The predicted molar refractivity (Wildman–Crippen MR) is 129 cm³/mol. The van der Waals surface area contributed by atoms with Gasteiger partial charge in [0.05, 0.1) is 11.1 Å². The van der Waals surface area contributed by atoms with Gasteiger partial charge in [-0.3, -0.25) is 4.79 Å². The van der Waals surface area contributed by atoms with E-state index in [1.54, 1.807) is 12.1 Å². The third-order valence-corrected chi connectivity index (χ3v) is 6.39. The van der Waals surface area contributed by atoms with Crippen LogP contribution in [0.25, 0.3) is 22.0 Å². The second-order valence-corrected chi connectivity index (χ2v) is 8.95. The van der Waals surface area contributed by atoms with E-state index >= 15 is 0 Å².